The lowest BCUT2D eigenvalue weighted by molar-refractivity contribution is -0.141. The van der Waals surface area contributed by atoms with E-state index in [1.54, 1.807) is 12.4 Å². The third kappa shape index (κ3) is 3.22. The second-order valence-corrected chi connectivity index (χ2v) is 9.60. The number of likely N-dealkylation sites (tertiary alicyclic amines) is 2. The van der Waals surface area contributed by atoms with Gasteiger partial charge in [0.25, 0.3) is 0 Å². The van der Waals surface area contributed by atoms with Gasteiger partial charge in [-0.3, -0.25) is 4.79 Å². The predicted octanol–water partition coefficient (Wildman–Crippen LogP) is 1.65. The molecule has 0 saturated carbocycles. The molecular formula is C22H33N5O2. The lowest BCUT2D eigenvalue weighted by atomic mass is 9.60. The van der Waals surface area contributed by atoms with Crippen LogP contribution in [0, 0.1) is 16.7 Å². The summed E-state index contributed by atoms with van der Waals surface area (Å²) in [5, 5.41) is 0. The highest BCUT2D eigenvalue weighted by Gasteiger charge is 2.65. The number of carbonyl (C=O) groups excluding carboxylic acids is 1. The first-order valence-electron chi connectivity index (χ1n) is 11.2. The molecule has 0 radical (unpaired) electrons. The molecule has 1 amide bonds. The molecule has 0 unspecified atom stereocenters. The van der Waals surface area contributed by atoms with Gasteiger partial charge in [0.15, 0.2) is 0 Å². The van der Waals surface area contributed by atoms with Gasteiger partial charge in [0.05, 0.1) is 5.41 Å². The monoisotopic (exact) mass is 399 g/mol. The second kappa shape index (κ2) is 7.51. The van der Waals surface area contributed by atoms with Crippen LogP contribution in [-0.2, 0) is 9.53 Å². The van der Waals surface area contributed by atoms with Gasteiger partial charge in [0, 0.05) is 64.2 Å². The number of aromatic nitrogens is 2. The Hall–Kier alpha value is -1.73. The van der Waals surface area contributed by atoms with Gasteiger partial charge in [-0.25, -0.2) is 9.97 Å². The van der Waals surface area contributed by atoms with Gasteiger partial charge in [-0.05, 0) is 57.2 Å². The topological polar surface area (TPSA) is 61.8 Å². The number of carbonyl (C=O) groups is 1. The molecule has 1 atom stereocenters. The average molecular weight is 400 g/mol. The van der Waals surface area contributed by atoms with Crippen molar-refractivity contribution in [1.29, 1.82) is 0 Å². The van der Waals surface area contributed by atoms with E-state index in [2.05, 4.69) is 19.8 Å². The lowest BCUT2D eigenvalue weighted by Crippen LogP contribution is -2.53. The van der Waals surface area contributed by atoms with E-state index in [1.807, 2.05) is 18.0 Å². The molecule has 5 heterocycles. The molecular weight excluding hydrogens is 366 g/mol. The van der Waals surface area contributed by atoms with E-state index in [1.165, 1.54) is 19.4 Å². The number of amides is 1. The molecule has 4 aliphatic heterocycles. The van der Waals surface area contributed by atoms with Crippen molar-refractivity contribution in [2.45, 2.75) is 32.1 Å². The molecule has 7 nitrogen and oxygen atoms in total. The normalized spacial score (nSPS) is 30.7. The summed E-state index contributed by atoms with van der Waals surface area (Å²) in [5.41, 5.74) is -0.230. The van der Waals surface area contributed by atoms with Crippen molar-refractivity contribution in [3.05, 3.63) is 18.5 Å². The molecule has 158 valence electrons. The maximum Gasteiger partial charge on any atom is 0.231 e. The molecule has 0 aromatic carbocycles. The van der Waals surface area contributed by atoms with Crippen molar-refractivity contribution in [3.8, 4) is 0 Å². The van der Waals surface area contributed by atoms with Crippen LogP contribution in [0.5, 0.6) is 0 Å². The first kappa shape index (κ1) is 19.2. The van der Waals surface area contributed by atoms with Crippen molar-refractivity contribution in [2.75, 3.05) is 64.4 Å². The van der Waals surface area contributed by atoms with Crippen LogP contribution in [0.1, 0.15) is 32.1 Å². The van der Waals surface area contributed by atoms with E-state index >= 15 is 0 Å². The van der Waals surface area contributed by atoms with E-state index in [9.17, 15) is 4.79 Å². The Kier molecular flexibility index (Phi) is 4.98. The van der Waals surface area contributed by atoms with Gasteiger partial charge < -0.3 is 19.4 Å². The summed E-state index contributed by atoms with van der Waals surface area (Å²) in [4.78, 5) is 29.3. The summed E-state index contributed by atoms with van der Waals surface area (Å²) in [6, 6.07) is 1.86. The predicted molar refractivity (Wildman–Crippen MR) is 111 cm³/mol. The molecule has 1 aromatic heterocycles. The van der Waals surface area contributed by atoms with Crippen molar-refractivity contribution < 1.29 is 9.53 Å². The first-order valence-corrected chi connectivity index (χ1v) is 11.2. The molecule has 7 heteroatoms. The zero-order valence-electron chi connectivity index (χ0n) is 17.6. The zero-order chi connectivity index (χ0) is 19.9. The number of piperidine rings is 1. The fourth-order valence-electron chi connectivity index (χ4n) is 6.33. The highest BCUT2D eigenvalue weighted by atomic mass is 16.5. The van der Waals surface area contributed by atoms with E-state index in [4.69, 9.17) is 4.74 Å². The first-order chi connectivity index (χ1) is 14.1. The fraction of sp³-hybridized carbons (Fsp3) is 0.773. The molecule has 29 heavy (non-hydrogen) atoms. The van der Waals surface area contributed by atoms with E-state index in [0.29, 0.717) is 5.91 Å². The van der Waals surface area contributed by atoms with Crippen LogP contribution in [0.4, 0.5) is 5.95 Å². The third-order valence-corrected chi connectivity index (χ3v) is 8.10. The largest absolute Gasteiger partial charge is 0.381 e. The van der Waals surface area contributed by atoms with Crippen molar-refractivity contribution in [2.24, 2.45) is 16.7 Å². The van der Waals surface area contributed by atoms with E-state index < -0.39 is 0 Å². The van der Waals surface area contributed by atoms with Gasteiger partial charge in [0.2, 0.25) is 11.9 Å². The summed E-state index contributed by atoms with van der Waals surface area (Å²) in [6.07, 6.45) is 9.14. The number of fused-ring (bicyclic) bond motifs is 1. The van der Waals surface area contributed by atoms with Gasteiger partial charge in [0.1, 0.15) is 0 Å². The summed E-state index contributed by atoms with van der Waals surface area (Å²) in [6.45, 7) is 7.75. The van der Waals surface area contributed by atoms with Crippen molar-refractivity contribution in [1.82, 2.24) is 19.8 Å². The van der Waals surface area contributed by atoms with Crippen LogP contribution in [0.25, 0.3) is 0 Å². The summed E-state index contributed by atoms with van der Waals surface area (Å²) in [7, 11) is 1.97. The molecule has 4 saturated heterocycles. The number of hydrogen-bond donors (Lipinski definition) is 0. The Morgan fingerprint density at radius 1 is 1.07 bits per heavy atom. The minimum absolute atomic E-state index is 0.0419. The number of ether oxygens (including phenoxy) is 1. The summed E-state index contributed by atoms with van der Waals surface area (Å²) >= 11 is 0. The highest BCUT2D eigenvalue weighted by Crippen LogP contribution is 2.58. The van der Waals surface area contributed by atoms with Gasteiger partial charge in [-0.1, -0.05) is 0 Å². The maximum absolute atomic E-state index is 13.4. The van der Waals surface area contributed by atoms with Crippen molar-refractivity contribution >= 4 is 11.9 Å². The zero-order valence-corrected chi connectivity index (χ0v) is 17.6. The Morgan fingerprint density at radius 3 is 2.45 bits per heavy atom. The molecule has 2 spiro atoms. The molecule has 4 fully saturated rings. The van der Waals surface area contributed by atoms with Crippen LogP contribution >= 0.6 is 0 Å². The number of rotatable bonds is 3. The third-order valence-electron chi connectivity index (χ3n) is 8.10. The average Bonchev–Trinajstić information content (AvgIpc) is 3.24. The fourth-order valence-corrected chi connectivity index (χ4v) is 6.33. The Bertz CT molecular complexity index is 730. The van der Waals surface area contributed by atoms with E-state index in [-0.39, 0.29) is 10.8 Å². The van der Waals surface area contributed by atoms with Gasteiger partial charge >= 0.3 is 0 Å². The van der Waals surface area contributed by atoms with Crippen LogP contribution in [0.2, 0.25) is 0 Å². The Labute approximate surface area is 173 Å². The number of hydrogen-bond acceptors (Lipinski definition) is 6. The quantitative estimate of drug-likeness (QED) is 0.770. The van der Waals surface area contributed by atoms with Crippen LogP contribution < -0.4 is 4.90 Å². The summed E-state index contributed by atoms with van der Waals surface area (Å²) < 4.78 is 5.53. The molecule has 5 rings (SSSR count). The van der Waals surface area contributed by atoms with Crippen LogP contribution in [-0.4, -0.2) is 85.2 Å². The molecule has 0 bridgehead atoms. The summed E-state index contributed by atoms with van der Waals surface area (Å²) in [5.74, 6) is 1.88. The maximum atomic E-state index is 13.4. The highest BCUT2D eigenvalue weighted by molar-refractivity contribution is 5.87. The number of nitrogens with zero attached hydrogens (tertiary/aromatic N) is 5. The Balaban J connectivity index is 1.35. The molecule has 0 N–H and O–H groups in total. The minimum atomic E-state index is -0.272. The molecule has 0 aliphatic carbocycles. The number of anilines is 1. The second-order valence-electron chi connectivity index (χ2n) is 9.60. The van der Waals surface area contributed by atoms with Crippen LogP contribution in [0.3, 0.4) is 0 Å². The van der Waals surface area contributed by atoms with E-state index in [0.717, 1.165) is 77.1 Å². The van der Waals surface area contributed by atoms with Crippen LogP contribution in [0.15, 0.2) is 18.5 Å². The smallest absolute Gasteiger partial charge is 0.231 e. The SMILES string of the molecule is CN1CC[C@]2(CN(c3ncccn3)CC23CCN(CC2CCOCC2)CC3)C1=O. The standard InChI is InChI=1S/C22H33N5O2/c1-25-10-7-22(19(25)28)17-27(20-23-8-2-9-24-20)16-21(22)5-11-26(12-6-21)15-18-3-13-29-14-4-18/h2,8-9,18H,3-7,10-17H2,1H3/t22-/m0/s1. The van der Waals surface area contributed by atoms with Gasteiger partial charge in [-0.2, -0.15) is 0 Å². The molecule has 1 aromatic rings. The Morgan fingerprint density at radius 2 is 1.79 bits per heavy atom. The lowest BCUT2D eigenvalue weighted by Gasteiger charge is -2.47. The minimum Gasteiger partial charge on any atom is -0.381 e. The molecule has 4 aliphatic rings. The van der Waals surface area contributed by atoms with Gasteiger partial charge in [-0.15, -0.1) is 0 Å². The van der Waals surface area contributed by atoms with Crippen molar-refractivity contribution in [3.63, 3.8) is 0 Å².